The van der Waals surface area contributed by atoms with Gasteiger partial charge in [0.05, 0.1) is 36.8 Å². The number of sulfonamides is 1. The molecule has 0 saturated carbocycles. The molecule has 0 spiro atoms. The van der Waals surface area contributed by atoms with Gasteiger partial charge in [0.2, 0.25) is 10.0 Å². The van der Waals surface area contributed by atoms with Crippen molar-refractivity contribution >= 4 is 27.5 Å². The number of methoxy groups -OCH3 is 1. The van der Waals surface area contributed by atoms with Crippen molar-refractivity contribution in [2.75, 3.05) is 67.2 Å². The van der Waals surface area contributed by atoms with E-state index in [1.807, 2.05) is 0 Å². The van der Waals surface area contributed by atoms with E-state index in [1.54, 1.807) is 24.3 Å². The van der Waals surface area contributed by atoms with Gasteiger partial charge in [0.1, 0.15) is 12.4 Å². The van der Waals surface area contributed by atoms with Gasteiger partial charge in [-0.2, -0.15) is 0 Å². The molecule has 2 aliphatic rings. The van der Waals surface area contributed by atoms with E-state index < -0.39 is 33.5 Å². The Balaban J connectivity index is 1.74. The number of morpholine rings is 1. The van der Waals surface area contributed by atoms with Gasteiger partial charge in [-0.15, -0.1) is 0 Å². The Labute approximate surface area is 246 Å². The number of nitrogens with zero attached hydrogens (tertiary/aromatic N) is 3. The van der Waals surface area contributed by atoms with Crippen LogP contribution in [-0.2, 0) is 24.3 Å². The summed E-state index contributed by atoms with van der Waals surface area (Å²) in [5.41, 5.74) is 0.676. The Hall–Kier alpha value is -3.71. The van der Waals surface area contributed by atoms with Crippen molar-refractivity contribution in [1.82, 2.24) is 14.1 Å². The molecular weight excluding hydrogens is 562 g/mol. The van der Waals surface area contributed by atoms with E-state index in [0.717, 1.165) is 23.9 Å². The lowest BCUT2D eigenvalue weighted by Gasteiger charge is -2.29. The molecule has 0 aromatic heterocycles. The predicted molar refractivity (Wildman–Crippen MR) is 157 cm³/mol. The number of likely N-dealkylation sites (tertiary alicyclic amines) is 1. The highest BCUT2D eigenvalue weighted by atomic mass is 32.2. The molecule has 2 aliphatic heterocycles. The van der Waals surface area contributed by atoms with E-state index in [4.69, 9.17) is 14.2 Å². The Morgan fingerprint density at radius 1 is 1.10 bits per heavy atom. The summed E-state index contributed by atoms with van der Waals surface area (Å²) in [6.45, 7) is 7.81. The second-order valence-electron chi connectivity index (χ2n) is 10.1. The number of Topliss-reactive ketones (excluding diaryl/α,β-unsaturated/α-hetero) is 1. The van der Waals surface area contributed by atoms with Crippen LogP contribution in [0.5, 0.6) is 11.5 Å². The van der Waals surface area contributed by atoms with Crippen molar-refractivity contribution in [2.45, 2.75) is 17.4 Å². The first-order valence-corrected chi connectivity index (χ1v) is 15.1. The van der Waals surface area contributed by atoms with Gasteiger partial charge in [-0.3, -0.25) is 14.5 Å². The predicted octanol–water partition coefficient (Wildman–Crippen LogP) is 2.65. The molecule has 0 aliphatic carbocycles. The van der Waals surface area contributed by atoms with E-state index in [9.17, 15) is 23.1 Å². The highest BCUT2D eigenvalue weighted by Crippen LogP contribution is 2.42. The third-order valence-corrected chi connectivity index (χ3v) is 9.11. The Kier molecular flexibility index (Phi) is 10.0. The maximum Gasteiger partial charge on any atom is 0.295 e. The van der Waals surface area contributed by atoms with Gasteiger partial charge in [0.15, 0.2) is 11.5 Å². The summed E-state index contributed by atoms with van der Waals surface area (Å²) in [6, 6.07) is 9.74. The number of benzene rings is 2. The second-order valence-corrected chi connectivity index (χ2v) is 12.3. The molecule has 1 atom stereocenters. The van der Waals surface area contributed by atoms with Crippen LogP contribution >= 0.6 is 0 Å². The van der Waals surface area contributed by atoms with Crippen molar-refractivity contribution in [3.05, 3.63) is 71.8 Å². The third-order valence-electron chi connectivity index (χ3n) is 7.28. The largest absolute Gasteiger partial charge is 0.507 e. The number of ether oxygens (including phenoxy) is 3. The quantitative estimate of drug-likeness (QED) is 0.170. The number of hydrogen-bond acceptors (Lipinski definition) is 9. The number of amides is 1. The van der Waals surface area contributed by atoms with Crippen LogP contribution in [0.2, 0.25) is 0 Å². The molecule has 2 saturated heterocycles. The SMILES string of the molecule is C=CCOc1ccc(C2/C(=C(/O)c3ccc(S(=O)(=O)N(C)C)cc3)C(=O)C(=O)N2CCCN2CCOCC2)cc1OC. The molecule has 2 heterocycles. The Morgan fingerprint density at radius 2 is 1.79 bits per heavy atom. The van der Waals surface area contributed by atoms with Crippen molar-refractivity contribution in [2.24, 2.45) is 0 Å². The van der Waals surface area contributed by atoms with Gasteiger partial charge < -0.3 is 24.2 Å². The van der Waals surface area contributed by atoms with Crippen molar-refractivity contribution in [1.29, 1.82) is 0 Å². The van der Waals surface area contributed by atoms with Gasteiger partial charge in [-0.25, -0.2) is 12.7 Å². The summed E-state index contributed by atoms with van der Waals surface area (Å²) in [5, 5.41) is 11.4. The topological polar surface area (TPSA) is 126 Å². The first-order chi connectivity index (χ1) is 20.1. The van der Waals surface area contributed by atoms with Crippen LogP contribution in [0.1, 0.15) is 23.6 Å². The fourth-order valence-corrected chi connectivity index (χ4v) is 5.92. The molecule has 1 N–H and O–H groups in total. The molecule has 11 nitrogen and oxygen atoms in total. The van der Waals surface area contributed by atoms with E-state index in [1.165, 1.54) is 50.4 Å². The number of carbonyl (C=O) groups excluding carboxylic acids is 2. The minimum absolute atomic E-state index is 0.0315. The number of hydrogen-bond donors (Lipinski definition) is 1. The third kappa shape index (κ3) is 6.51. The zero-order valence-corrected chi connectivity index (χ0v) is 24.9. The zero-order chi connectivity index (χ0) is 30.4. The van der Waals surface area contributed by atoms with Crippen LogP contribution in [0.25, 0.3) is 5.76 Å². The van der Waals surface area contributed by atoms with Crippen LogP contribution < -0.4 is 9.47 Å². The highest BCUT2D eigenvalue weighted by molar-refractivity contribution is 7.89. The average Bonchev–Trinajstić information content (AvgIpc) is 3.25. The first kappa shape index (κ1) is 31.2. The summed E-state index contributed by atoms with van der Waals surface area (Å²) in [6.07, 6.45) is 2.21. The Morgan fingerprint density at radius 3 is 2.40 bits per heavy atom. The molecule has 226 valence electrons. The summed E-state index contributed by atoms with van der Waals surface area (Å²) < 4.78 is 42.7. The van der Waals surface area contributed by atoms with Gasteiger partial charge in [0.25, 0.3) is 11.7 Å². The van der Waals surface area contributed by atoms with E-state index in [2.05, 4.69) is 11.5 Å². The number of carbonyl (C=O) groups is 2. The van der Waals surface area contributed by atoms with E-state index >= 15 is 0 Å². The Bertz CT molecular complexity index is 1450. The maximum atomic E-state index is 13.5. The normalized spacial score (nSPS) is 19.3. The molecule has 1 amide bonds. The number of rotatable bonds is 12. The fraction of sp³-hybridized carbons (Fsp3) is 0.400. The summed E-state index contributed by atoms with van der Waals surface area (Å²) >= 11 is 0. The molecule has 2 aromatic rings. The number of aliphatic hydroxyl groups is 1. The van der Waals surface area contributed by atoms with Crippen LogP contribution in [-0.4, -0.2) is 107 Å². The molecule has 2 fully saturated rings. The van der Waals surface area contributed by atoms with Crippen LogP contribution in [0, 0.1) is 0 Å². The molecule has 0 bridgehead atoms. The number of ketones is 1. The van der Waals surface area contributed by atoms with Gasteiger partial charge in [-0.05, 0) is 48.4 Å². The summed E-state index contributed by atoms with van der Waals surface area (Å²) in [5.74, 6) is -1.08. The highest BCUT2D eigenvalue weighted by Gasteiger charge is 2.46. The lowest BCUT2D eigenvalue weighted by Crippen LogP contribution is -2.39. The van der Waals surface area contributed by atoms with Gasteiger partial charge in [-0.1, -0.05) is 18.7 Å². The van der Waals surface area contributed by atoms with Crippen molar-refractivity contribution < 1.29 is 37.3 Å². The number of aliphatic hydroxyl groups excluding tert-OH is 1. The smallest absolute Gasteiger partial charge is 0.295 e. The second kappa shape index (κ2) is 13.5. The van der Waals surface area contributed by atoms with Gasteiger partial charge >= 0.3 is 0 Å². The molecule has 2 aromatic carbocycles. The average molecular weight is 600 g/mol. The minimum atomic E-state index is -3.70. The van der Waals surface area contributed by atoms with Crippen LogP contribution in [0.3, 0.4) is 0 Å². The van der Waals surface area contributed by atoms with Crippen molar-refractivity contribution in [3.63, 3.8) is 0 Å². The monoisotopic (exact) mass is 599 g/mol. The van der Waals surface area contributed by atoms with E-state index in [0.29, 0.717) is 36.7 Å². The standard InChI is InChI=1S/C30H37N3O8S/c1-5-17-41-24-12-9-22(20-25(24)39-4)27-26(28(34)21-7-10-23(11-8-21)42(37,38)31(2)3)29(35)30(36)33(27)14-6-13-32-15-18-40-19-16-32/h5,7-12,20,27,34H,1,6,13-19H2,2-4H3/b28-26-. The molecule has 42 heavy (non-hydrogen) atoms. The molecule has 4 rings (SSSR count). The van der Waals surface area contributed by atoms with Crippen molar-refractivity contribution in [3.8, 4) is 11.5 Å². The molecule has 12 heteroatoms. The van der Waals surface area contributed by atoms with Crippen LogP contribution in [0.15, 0.2) is 65.6 Å². The van der Waals surface area contributed by atoms with Gasteiger partial charge in [0, 0.05) is 45.8 Å². The maximum absolute atomic E-state index is 13.5. The first-order valence-electron chi connectivity index (χ1n) is 13.6. The zero-order valence-electron chi connectivity index (χ0n) is 24.1. The molecular formula is C30H37N3O8S. The minimum Gasteiger partial charge on any atom is -0.507 e. The lowest BCUT2D eigenvalue weighted by atomic mass is 9.95. The summed E-state index contributed by atoms with van der Waals surface area (Å²) in [4.78, 5) is 30.6. The van der Waals surface area contributed by atoms with Crippen LogP contribution in [0.4, 0.5) is 0 Å². The van der Waals surface area contributed by atoms with E-state index in [-0.39, 0.29) is 29.2 Å². The fourth-order valence-electron chi connectivity index (χ4n) is 5.02. The summed E-state index contributed by atoms with van der Waals surface area (Å²) in [7, 11) is 0.637. The lowest BCUT2D eigenvalue weighted by molar-refractivity contribution is -0.140. The molecule has 0 radical (unpaired) electrons. The molecule has 1 unspecified atom stereocenters.